The number of nitrogens with one attached hydrogen (secondary N) is 1. The quantitative estimate of drug-likeness (QED) is 0.418. The maximum atomic E-state index is 11.3. The summed E-state index contributed by atoms with van der Waals surface area (Å²) in [5.74, 6) is -0.323. The lowest BCUT2D eigenvalue weighted by Gasteiger charge is -2.24. The van der Waals surface area contributed by atoms with Gasteiger partial charge in [-0.25, -0.2) is 0 Å². The van der Waals surface area contributed by atoms with Gasteiger partial charge in [0, 0.05) is 43.3 Å². The minimum Gasteiger partial charge on any atom is -0.465 e. The number of ether oxygens (including phenoxy) is 1. The van der Waals surface area contributed by atoms with Gasteiger partial charge in [0.25, 0.3) is 0 Å². The van der Waals surface area contributed by atoms with E-state index < -0.39 is 5.54 Å². The Bertz CT molecular complexity index is 518. The Hall–Kier alpha value is -1.70. The van der Waals surface area contributed by atoms with Gasteiger partial charge in [-0.2, -0.15) is 0 Å². The van der Waals surface area contributed by atoms with Crippen LogP contribution in [0.5, 0.6) is 0 Å². The van der Waals surface area contributed by atoms with Crippen molar-refractivity contribution in [3.63, 3.8) is 0 Å². The van der Waals surface area contributed by atoms with E-state index in [1.807, 2.05) is 13.8 Å². The molecule has 2 aliphatic rings. The molecule has 0 spiro atoms. The van der Waals surface area contributed by atoms with Gasteiger partial charge < -0.3 is 15.2 Å². The van der Waals surface area contributed by atoms with E-state index >= 15 is 0 Å². The van der Waals surface area contributed by atoms with Crippen molar-refractivity contribution >= 4 is 11.9 Å². The monoisotopic (exact) mass is 372 g/mol. The third kappa shape index (κ3) is 6.90. The molecule has 8 heteroatoms. The topological polar surface area (TPSA) is 119 Å². The van der Waals surface area contributed by atoms with E-state index in [9.17, 15) is 19.7 Å². The van der Waals surface area contributed by atoms with Gasteiger partial charge in [0.15, 0.2) is 0 Å². The molecule has 0 aromatic rings. The van der Waals surface area contributed by atoms with Gasteiger partial charge >= 0.3 is 5.97 Å². The highest BCUT2D eigenvalue weighted by atomic mass is 16.6. The number of nitro groups is 1. The van der Waals surface area contributed by atoms with Crippen LogP contribution < -0.4 is 5.32 Å². The summed E-state index contributed by atoms with van der Waals surface area (Å²) >= 11 is 0. The van der Waals surface area contributed by atoms with Crippen molar-refractivity contribution < 1.29 is 24.4 Å². The molecule has 2 unspecified atom stereocenters. The second kappa shape index (κ2) is 9.30. The van der Waals surface area contributed by atoms with Crippen LogP contribution in [0.2, 0.25) is 0 Å². The molecule has 0 aromatic carbocycles. The standard InChI is InChI=1S/C9H15NO4.C9H17NO2/c1-9(2,10(12)13)6-7-4-3-5-14-8(7)11;1-9(2)6-7(4-3-5-11)8(12)10-9/h7H,3-6H2,1-2H3;7,11H,3-6H2,1-2H3,(H,10,12). The Kier molecular flexibility index (Phi) is 7.99. The van der Waals surface area contributed by atoms with Crippen LogP contribution in [0.3, 0.4) is 0 Å². The number of aliphatic hydroxyl groups is 1. The Morgan fingerprint density at radius 2 is 2.00 bits per heavy atom. The van der Waals surface area contributed by atoms with Crippen LogP contribution >= 0.6 is 0 Å². The summed E-state index contributed by atoms with van der Waals surface area (Å²) in [6.45, 7) is 7.77. The summed E-state index contributed by atoms with van der Waals surface area (Å²) in [7, 11) is 0. The Labute approximate surface area is 154 Å². The molecule has 0 bridgehead atoms. The smallest absolute Gasteiger partial charge is 0.309 e. The first-order valence-electron chi connectivity index (χ1n) is 9.22. The summed E-state index contributed by atoms with van der Waals surface area (Å²) in [4.78, 5) is 32.9. The zero-order valence-electron chi connectivity index (χ0n) is 16.2. The molecule has 2 saturated heterocycles. The fourth-order valence-electron chi connectivity index (χ4n) is 3.37. The second-order valence-electron chi connectivity index (χ2n) is 8.42. The first-order valence-corrected chi connectivity index (χ1v) is 9.22. The molecule has 2 rings (SSSR count). The van der Waals surface area contributed by atoms with Crippen LogP contribution in [0.15, 0.2) is 0 Å². The average molecular weight is 372 g/mol. The van der Waals surface area contributed by atoms with Crippen molar-refractivity contribution in [1.82, 2.24) is 5.32 Å². The number of hydrogen-bond donors (Lipinski definition) is 2. The van der Waals surface area contributed by atoms with E-state index in [0.717, 1.165) is 25.7 Å². The van der Waals surface area contributed by atoms with Crippen molar-refractivity contribution in [2.75, 3.05) is 13.2 Å². The summed E-state index contributed by atoms with van der Waals surface area (Å²) in [5.41, 5.74) is -1.09. The van der Waals surface area contributed by atoms with Crippen molar-refractivity contribution in [2.24, 2.45) is 11.8 Å². The molecule has 26 heavy (non-hydrogen) atoms. The van der Waals surface area contributed by atoms with Gasteiger partial charge in [-0.15, -0.1) is 0 Å². The number of carbonyl (C=O) groups excluding carboxylic acids is 2. The minimum atomic E-state index is -1.04. The highest BCUT2D eigenvalue weighted by Gasteiger charge is 2.38. The van der Waals surface area contributed by atoms with Crippen LogP contribution in [0.1, 0.15) is 66.2 Å². The third-order valence-electron chi connectivity index (χ3n) is 4.81. The molecule has 0 saturated carbocycles. The van der Waals surface area contributed by atoms with Gasteiger partial charge in [0.1, 0.15) is 0 Å². The van der Waals surface area contributed by atoms with Crippen molar-refractivity contribution in [3.05, 3.63) is 10.1 Å². The first kappa shape index (κ1) is 22.3. The number of cyclic esters (lactones) is 1. The molecule has 0 aliphatic carbocycles. The molecule has 0 radical (unpaired) electrons. The number of rotatable bonds is 6. The zero-order chi connectivity index (χ0) is 20.0. The predicted octanol–water partition coefficient (Wildman–Crippen LogP) is 2.06. The van der Waals surface area contributed by atoms with Gasteiger partial charge in [-0.1, -0.05) is 0 Å². The normalized spacial score (nSPS) is 25.0. The minimum absolute atomic E-state index is 0.0444. The van der Waals surface area contributed by atoms with E-state index in [1.165, 1.54) is 13.8 Å². The van der Waals surface area contributed by atoms with Gasteiger partial charge in [-0.3, -0.25) is 19.7 Å². The van der Waals surface area contributed by atoms with Crippen molar-refractivity contribution in [2.45, 2.75) is 77.3 Å². The Morgan fingerprint density at radius 3 is 2.46 bits per heavy atom. The lowest BCUT2D eigenvalue weighted by atomic mass is 9.87. The number of carbonyl (C=O) groups is 2. The van der Waals surface area contributed by atoms with Gasteiger partial charge in [0.2, 0.25) is 11.4 Å². The molecular formula is C18H32N2O6. The number of esters is 1. The molecule has 2 N–H and O–H groups in total. The molecule has 150 valence electrons. The average Bonchev–Trinajstić information content (AvgIpc) is 2.80. The van der Waals surface area contributed by atoms with Crippen LogP contribution in [0.4, 0.5) is 0 Å². The summed E-state index contributed by atoms with van der Waals surface area (Å²) in [5, 5.41) is 22.2. The Balaban J connectivity index is 0.000000263. The van der Waals surface area contributed by atoms with E-state index in [4.69, 9.17) is 9.84 Å². The first-order chi connectivity index (χ1) is 12.0. The third-order valence-corrected chi connectivity index (χ3v) is 4.81. The molecule has 2 fully saturated rings. The second-order valence-corrected chi connectivity index (χ2v) is 8.42. The molecule has 1 amide bonds. The number of nitrogens with zero attached hydrogens (tertiary/aromatic N) is 1. The highest BCUT2D eigenvalue weighted by molar-refractivity contribution is 5.81. The highest BCUT2D eigenvalue weighted by Crippen LogP contribution is 2.28. The van der Waals surface area contributed by atoms with E-state index in [0.29, 0.717) is 13.0 Å². The van der Waals surface area contributed by atoms with Crippen LogP contribution in [-0.4, -0.2) is 46.2 Å². The number of hydrogen-bond acceptors (Lipinski definition) is 6. The molecule has 2 aliphatic heterocycles. The fraction of sp³-hybridized carbons (Fsp3) is 0.889. The van der Waals surface area contributed by atoms with Gasteiger partial charge in [-0.05, 0) is 46.0 Å². The molecule has 8 nitrogen and oxygen atoms in total. The van der Waals surface area contributed by atoms with Crippen LogP contribution in [0.25, 0.3) is 0 Å². The molecule has 2 heterocycles. The Morgan fingerprint density at radius 1 is 1.35 bits per heavy atom. The van der Waals surface area contributed by atoms with Crippen LogP contribution in [0, 0.1) is 22.0 Å². The lowest BCUT2D eigenvalue weighted by molar-refractivity contribution is -0.562. The van der Waals surface area contributed by atoms with Crippen molar-refractivity contribution in [3.8, 4) is 0 Å². The SMILES string of the molecule is CC(C)(CC1CCCOC1=O)[N+](=O)[O-].CC1(C)CC(CCCO)C(=O)N1. The molecule has 0 aromatic heterocycles. The van der Waals surface area contributed by atoms with E-state index in [2.05, 4.69) is 5.32 Å². The predicted molar refractivity (Wildman–Crippen MR) is 96.0 cm³/mol. The van der Waals surface area contributed by atoms with Gasteiger partial charge in [0.05, 0.1) is 12.5 Å². The number of amides is 1. The summed E-state index contributed by atoms with van der Waals surface area (Å²) in [6.07, 6.45) is 4.21. The molecular weight excluding hydrogens is 340 g/mol. The summed E-state index contributed by atoms with van der Waals surface area (Å²) < 4.78 is 4.85. The zero-order valence-corrected chi connectivity index (χ0v) is 16.2. The van der Waals surface area contributed by atoms with E-state index in [1.54, 1.807) is 0 Å². The maximum absolute atomic E-state index is 11.3. The lowest BCUT2D eigenvalue weighted by Crippen LogP contribution is -2.37. The van der Waals surface area contributed by atoms with Crippen molar-refractivity contribution in [1.29, 1.82) is 0 Å². The fourth-order valence-corrected chi connectivity index (χ4v) is 3.37. The molecule has 2 atom stereocenters. The van der Waals surface area contributed by atoms with E-state index in [-0.39, 0.29) is 47.2 Å². The summed E-state index contributed by atoms with van der Waals surface area (Å²) in [6, 6.07) is 0. The number of aliphatic hydroxyl groups excluding tert-OH is 1. The maximum Gasteiger partial charge on any atom is 0.309 e. The van der Waals surface area contributed by atoms with Crippen LogP contribution in [-0.2, 0) is 14.3 Å². The largest absolute Gasteiger partial charge is 0.465 e.